The Morgan fingerprint density at radius 3 is 2.12 bits per heavy atom. The van der Waals surface area contributed by atoms with Crippen molar-refractivity contribution in [3.05, 3.63) is 11.0 Å². The Balaban J connectivity index is 3.33. The molecule has 0 aromatic heterocycles. The predicted octanol–water partition coefficient (Wildman–Crippen LogP) is 2.37. The van der Waals surface area contributed by atoms with Crippen molar-refractivity contribution in [2.24, 2.45) is 0 Å². The third-order valence-electron chi connectivity index (χ3n) is 1.39. The molecular formula is C7H16Ge. The number of allylic oxidation sites excluding steroid dienone is 1. The zero-order valence-electron chi connectivity index (χ0n) is 6.20. The monoisotopic (exact) mass is 174 g/mol. The average Bonchev–Trinajstić information content (AvgIpc) is 1.67. The van der Waals surface area contributed by atoms with Crippen molar-refractivity contribution in [2.75, 3.05) is 0 Å². The van der Waals surface area contributed by atoms with Crippen LogP contribution in [0.25, 0.3) is 0 Å². The Hall–Kier alpha value is 0.283. The molecule has 0 spiro atoms. The Labute approximate surface area is 57.1 Å². The Bertz CT molecular complexity index is 74.5. The molecule has 0 aliphatic heterocycles. The van der Waals surface area contributed by atoms with E-state index in [1.54, 1.807) is 4.41 Å². The van der Waals surface area contributed by atoms with Crippen LogP contribution in [0.15, 0.2) is 11.0 Å². The molecular weight excluding hydrogens is 157 g/mol. The molecule has 0 aromatic rings. The van der Waals surface area contributed by atoms with E-state index in [4.69, 9.17) is 0 Å². The summed E-state index contributed by atoms with van der Waals surface area (Å²) < 4.78 is 1.57. The van der Waals surface area contributed by atoms with E-state index >= 15 is 0 Å². The molecule has 0 N–H and O–H groups in total. The molecule has 0 bridgehead atoms. The molecule has 0 saturated heterocycles. The van der Waals surface area contributed by atoms with Crippen molar-refractivity contribution in [1.29, 1.82) is 0 Å². The Morgan fingerprint density at radius 2 is 2.00 bits per heavy atom. The van der Waals surface area contributed by atoms with E-state index in [2.05, 4.69) is 25.0 Å². The van der Waals surface area contributed by atoms with Crippen LogP contribution < -0.4 is 0 Å². The van der Waals surface area contributed by atoms with Gasteiger partial charge in [0.25, 0.3) is 0 Å². The van der Waals surface area contributed by atoms with E-state index in [0.29, 0.717) is 0 Å². The van der Waals surface area contributed by atoms with Crippen LogP contribution in [0, 0.1) is 0 Å². The van der Waals surface area contributed by atoms with Crippen molar-refractivity contribution in [2.45, 2.75) is 31.3 Å². The summed E-state index contributed by atoms with van der Waals surface area (Å²) >= 11 is -0.880. The van der Waals surface area contributed by atoms with Gasteiger partial charge in [0.1, 0.15) is 0 Å². The van der Waals surface area contributed by atoms with Crippen molar-refractivity contribution in [3.63, 3.8) is 0 Å². The number of rotatable bonds is 3. The van der Waals surface area contributed by atoms with Gasteiger partial charge in [-0.2, -0.15) is 0 Å². The van der Waals surface area contributed by atoms with Crippen LogP contribution in [0.5, 0.6) is 0 Å². The van der Waals surface area contributed by atoms with Gasteiger partial charge in [0, 0.05) is 0 Å². The maximum atomic E-state index is 4.03. The van der Waals surface area contributed by atoms with Crippen LogP contribution >= 0.6 is 0 Å². The van der Waals surface area contributed by atoms with Gasteiger partial charge in [-0.3, -0.25) is 0 Å². The first-order valence-corrected chi connectivity index (χ1v) is 9.41. The van der Waals surface area contributed by atoms with E-state index in [1.165, 1.54) is 12.8 Å². The summed E-state index contributed by atoms with van der Waals surface area (Å²) in [6.07, 6.45) is 2.56. The molecule has 0 aliphatic carbocycles. The molecule has 48 valence electrons. The summed E-state index contributed by atoms with van der Waals surface area (Å²) in [7, 11) is 0. The summed E-state index contributed by atoms with van der Waals surface area (Å²) in [5.41, 5.74) is 0. The van der Waals surface area contributed by atoms with Crippen LogP contribution in [0.2, 0.25) is 11.5 Å². The van der Waals surface area contributed by atoms with E-state index in [9.17, 15) is 0 Å². The normalized spacial score (nSPS) is 10.0. The molecule has 0 radical (unpaired) electrons. The molecule has 0 heterocycles. The second-order valence-electron chi connectivity index (χ2n) is 2.56. The fraction of sp³-hybridized carbons (Fsp3) is 0.714. The number of hydrogen-bond acceptors (Lipinski definition) is 0. The minimum atomic E-state index is -0.880. The molecule has 0 amide bonds. The molecule has 0 atom stereocenters. The van der Waals surface area contributed by atoms with Gasteiger partial charge in [-0.15, -0.1) is 0 Å². The molecule has 1 heteroatoms. The quantitative estimate of drug-likeness (QED) is 0.574. The van der Waals surface area contributed by atoms with Gasteiger partial charge >= 0.3 is 56.6 Å². The van der Waals surface area contributed by atoms with Crippen molar-refractivity contribution in [1.82, 2.24) is 0 Å². The first-order chi connectivity index (χ1) is 3.68. The average molecular weight is 173 g/mol. The van der Waals surface area contributed by atoms with Gasteiger partial charge in [0.15, 0.2) is 0 Å². The van der Waals surface area contributed by atoms with Crippen LogP contribution in [0.1, 0.15) is 19.8 Å². The summed E-state index contributed by atoms with van der Waals surface area (Å²) in [5, 5.41) is 0. The maximum absolute atomic E-state index is 4.03. The third kappa shape index (κ3) is 3.31. The summed E-state index contributed by atoms with van der Waals surface area (Å²) in [4.78, 5) is 0. The minimum absolute atomic E-state index is 0.880. The van der Waals surface area contributed by atoms with Gasteiger partial charge in [0.05, 0.1) is 0 Å². The molecule has 0 nitrogen and oxygen atoms in total. The molecule has 0 aliphatic rings. The fourth-order valence-corrected chi connectivity index (χ4v) is 2.43. The van der Waals surface area contributed by atoms with Gasteiger partial charge in [0.2, 0.25) is 0 Å². The topological polar surface area (TPSA) is 0 Å². The van der Waals surface area contributed by atoms with Crippen LogP contribution in [0.4, 0.5) is 0 Å². The van der Waals surface area contributed by atoms with E-state index in [0.717, 1.165) is 0 Å². The third-order valence-corrected chi connectivity index (χ3v) is 5.42. The first kappa shape index (κ1) is 8.28. The molecule has 0 unspecified atom stereocenters. The Morgan fingerprint density at radius 1 is 1.50 bits per heavy atom. The van der Waals surface area contributed by atoms with Crippen molar-refractivity contribution in [3.8, 4) is 0 Å². The van der Waals surface area contributed by atoms with Gasteiger partial charge in [-0.1, -0.05) is 0 Å². The molecule has 0 rings (SSSR count). The second kappa shape index (κ2) is 4.19. The SMILES string of the molecule is C=[C](CCC)[GeH]([CH3])[CH3]. The standard InChI is InChI=1S/C7H16Ge/c1-5-6-7(2)8(3)4/h8H,2,5-6H2,1,3-4H3. The molecule has 8 heavy (non-hydrogen) atoms. The second-order valence-corrected chi connectivity index (χ2v) is 9.12. The summed E-state index contributed by atoms with van der Waals surface area (Å²) in [6.45, 7) is 6.25. The summed E-state index contributed by atoms with van der Waals surface area (Å²) in [5.74, 6) is 4.76. The zero-order chi connectivity index (χ0) is 6.57. The first-order valence-electron chi connectivity index (χ1n) is 3.36. The van der Waals surface area contributed by atoms with Gasteiger partial charge in [-0.05, 0) is 0 Å². The summed E-state index contributed by atoms with van der Waals surface area (Å²) in [6, 6.07) is 0. The van der Waals surface area contributed by atoms with Gasteiger partial charge in [-0.25, -0.2) is 0 Å². The van der Waals surface area contributed by atoms with Gasteiger partial charge < -0.3 is 0 Å². The van der Waals surface area contributed by atoms with E-state index in [1.807, 2.05) is 0 Å². The predicted molar refractivity (Wildman–Crippen MR) is 42.9 cm³/mol. The van der Waals surface area contributed by atoms with Crippen molar-refractivity contribution < 1.29 is 0 Å². The van der Waals surface area contributed by atoms with Crippen molar-refractivity contribution >= 4 is 14.3 Å². The van der Waals surface area contributed by atoms with Crippen LogP contribution in [-0.4, -0.2) is 14.3 Å². The molecule has 0 saturated carbocycles. The van der Waals surface area contributed by atoms with E-state index in [-0.39, 0.29) is 0 Å². The zero-order valence-corrected chi connectivity index (χ0v) is 8.62. The number of hydrogen-bond donors (Lipinski definition) is 0. The van der Waals surface area contributed by atoms with Crippen LogP contribution in [0.3, 0.4) is 0 Å². The molecule has 0 fully saturated rings. The Kier molecular flexibility index (Phi) is 4.34. The van der Waals surface area contributed by atoms with Crippen LogP contribution in [-0.2, 0) is 0 Å². The molecule has 0 aromatic carbocycles. The fourth-order valence-electron chi connectivity index (χ4n) is 0.610. The van der Waals surface area contributed by atoms with E-state index < -0.39 is 14.3 Å².